The maximum atomic E-state index is 11.3. The number of aromatic nitrogens is 1. The number of primary amides is 1. The van der Waals surface area contributed by atoms with Gasteiger partial charge in [-0.3, -0.25) is 9.69 Å². The molecule has 1 aliphatic heterocycles. The SMILES string of the molecule is NC(=O)C1CCCN(Cc2nc3ccc(N)cc3o2)C1. The molecule has 1 amide bonds. The Bertz CT molecular complexity index is 637. The van der Waals surface area contributed by atoms with E-state index in [1.165, 1.54) is 0 Å². The molecule has 106 valence electrons. The fourth-order valence-corrected chi connectivity index (χ4v) is 2.68. The number of hydrogen-bond donors (Lipinski definition) is 2. The lowest BCUT2D eigenvalue weighted by Gasteiger charge is -2.29. The number of hydrogen-bond acceptors (Lipinski definition) is 5. The average molecular weight is 274 g/mol. The summed E-state index contributed by atoms with van der Waals surface area (Å²) in [6, 6.07) is 5.42. The Labute approximate surface area is 116 Å². The van der Waals surface area contributed by atoms with Crippen molar-refractivity contribution >= 4 is 22.7 Å². The molecule has 0 radical (unpaired) electrons. The summed E-state index contributed by atoms with van der Waals surface area (Å²) in [6.45, 7) is 2.21. The van der Waals surface area contributed by atoms with Crippen molar-refractivity contribution in [3.8, 4) is 0 Å². The van der Waals surface area contributed by atoms with E-state index >= 15 is 0 Å². The maximum Gasteiger partial charge on any atom is 0.221 e. The van der Waals surface area contributed by atoms with Gasteiger partial charge in [-0.25, -0.2) is 4.98 Å². The number of oxazole rings is 1. The first-order valence-electron chi connectivity index (χ1n) is 6.78. The Hall–Kier alpha value is -2.08. The van der Waals surface area contributed by atoms with E-state index in [0.29, 0.717) is 30.3 Å². The number of carbonyl (C=O) groups excluding carboxylic acids is 1. The van der Waals surface area contributed by atoms with Crippen LogP contribution in [0.1, 0.15) is 18.7 Å². The van der Waals surface area contributed by atoms with Gasteiger partial charge in [0.05, 0.1) is 12.5 Å². The summed E-state index contributed by atoms with van der Waals surface area (Å²) in [5.74, 6) is 0.361. The summed E-state index contributed by atoms with van der Waals surface area (Å²) in [6.07, 6.45) is 1.84. The monoisotopic (exact) mass is 274 g/mol. The molecular formula is C14H18N4O2. The van der Waals surface area contributed by atoms with Crippen molar-refractivity contribution in [3.63, 3.8) is 0 Å². The van der Waals surface area contributed by atoms with Crippen molar-refractivity contribution in [2.24, 2.45) is 11.7 Å². The molecule has 0 spiro atoms. The molecule has 1 aromatic carbocycles. The zero-order valence-corrected chi connectivity index (χ0v) is 11.2. The fraction of sp³-hybridized carbons (Fsp3) is 0.429. The number of rotatable bonds is 3. The van der Waals surface area contributed by atoms with Gasteiger partial charge in [0, 0.05) is 18.3 Å². The van der Waals surface area contributed by atoms with Gasteiger partial charge in [-0.15, -0.1) is 0 Å². The second-order valence-electron chi connectivity index (χ2n) is 5.31. The molecule has 4 N–H and O–H groups in total. The van der Waals surface area contributed by atoms with E-state index in [1.807, 2.05) is 6.07 Å². The number of nitrogen functional groups attached to an aromatic ring is 1. The number of amides is 1. The van der Waals surface area contributed by atoms with E-state index < -0.39 is 0 Å². The average Bonchev–Trinajstić information content (AvgIpc) is 2.80. The molecule has 6 heteroatoms. The van der Waals surface area contributed by atoms with Crippen LogP contribution in [0.5, 0.6) is 0 Å². The van der Waals surface area contributed by atoms with Crippen LogP contribution in [0.3, 0.4) is 0 Å². The van der Waals surface area contributed by atoms with E-state index in [0.717, 1.165) is 24.9 Å². The smallest absolute Gasteiger partial charge is 0.221 e. The van der Waals surface area contributed by atoms with Crippen LogP contribution in [0, 0.1) is 5.92 Å². The van der Waals surface area contributed by atoms with Crippen molar-refractivity contribution in [1.29, 1.82) is 0 Å². The van der Waals surface area contributed by atoms with E-state index in [4.69, 9.17) is 15.9 Å². The molecule has 1 fully saturated rings. The Morgan fingerprint density at radius 3 is 3.15 bits per heavy atom. The highest BCUT2D eigenvalue weighted by atomic mass is 16.3. The third-order valence-corrected chi connectivity index (χ3v) is 3.72. The lowest BCUT2D eigenvalue weighted by Crippen LogP contribution is -2.40. The summed E-state index contributed by atoms with van der Waals surface area (Å²) in [4.78, 5) is 17.9. The molecule has 0 saturated carbocycles. The summed E-state index contributed by atoms with van der Waals surface area (Å²) in [7, 11) is 0. The highest BCUT2D eigenvalue weighted by Gasteiger charge is 2.24. The van der Waals surface area contributed by atoms with Crippen LogP contribution in [-0.4, -0.2) is 28.9 Å². The second-order valence-corrected chi connectivity index (χ2v) is 5.31. The van der Waals surface area contributed by atoms with E-state index in [-0.39, 0.29) is 11.8 Å². The Balaban J connectivity index is 1.74. The number of anilines is 1. The Morgan fingerprint density at radius 2 is 2.35 bits per heavy atom. The van der Waals surface area contributed by atoms with Crippen LogP contribution in [0.2, 0.25) is 0 Å². The number of piperidine rings is 1. The van der Waals surface area contributed by atoms with Crippen molar-refractivity contribution in [2.45, 2.75) is 19.4 Å². The summed E-state index contributed by atoms with van der Waals surface area (Å²) in [5.41, 5.74) is 13.3. The molecule has 2 heterocycles. The molecule has 1 unspecified atom stereocenters. The largest absolute Gasteiger partial charge is 0.439 e. The van der Waals surface area contributed by atoms with Gasteiger partial charge in [0.1, 0.15) is 5.52 Å². The Morgan fingerprint density at radius 1 is 1.50 bits per heavy atom. The molecular weight excluding hydrogens is 256 g/mol. The van der Waals surface area contributed by atoms with Gasteiger partial charge in [-0.1, -0.05) is 0 Å². The number of nitrogens with two attached hydrogens (primary N) is 2. The zero-order valence-electron chi connectivity index (χ0n) is 11.2. The van der Waals surface area contributed by atoms with E-state index in [9.17, 15) is 4.79 Å². The maximum absolute atomic E-state index is 11.3. The lowest BCUT2D eigenvalue weighted by molar-refractivity contribution is -0.123. The van der Waals surface area contributed by atoms with Gasteiger partial charge in [0.15, 0.2) is 5.58 Å². The van der Waals surface area contributed by atoms with Crippen LogP contribution in [0.25, 0.3) is 11.1 Å². The van der Waals surface area contributed by atoms with Crippen molar-refractivity contribution in [3.05, 3.63) is 24.1 Å². The number of carbonyl (C=O) groups is 1. The molecule has 0 aliphatic carbocycles. The van der Waals surface area contributed by atoms with Gasteiger partial charge in [0.25, 0.3) is 0 Å². The quantitative estimate of drug-likeness (QED) is 0.817. The minimum absolute atomic E-state index is 0.0660. The topological polar surface area (TPSA) is 98.4 Å². The van der Waals surface area contributed by atoms with Gasteiger partial charge in [-0.2, -0.15) is 0 Å². The van der Waals surface area contributed by atoms with E-state index in [2.05, 4.69) is 9.88 Å². The molecule has 1 aromatic heterocycles. The standard InChI is InChI=1S/C14H18N4O2/c15-10-3-4-11-12(6-10)20-13(17-11)8-18-5-1-2-9(7-18)14(16)19/h3-4,6,9H,1-2,5,7-8,15H2,(H2,16,19). The minimum Gasteiger partial charge on any atom is -0.439 e. The van der Waals surface area contributed by atoms with Crippen LogP contribution in [0.4, 0.5) is 5.69 Å². The van der Waals surface area contributed by atoms with Gasteiger partial charge >= 0.3 is 0 Å². The first-order chi connectivity index (χ1) is 9.61. The number of fused-ring (bicyclic) bond motifs is 1. The molecule has 1 atom stereocenters. The molecule has 3 rings (SSSR count). The third kappa shape index (κ3) is 2.60. The third-order valence-electron chi connectivity index (χ3n) is 3.72. The summed E-state index contributed by atoms with van der Waals surface area (Å²) in [5, 5.41) is 0. The highest BCUT2D eigenvalue weighted by Crippen LogP contribution is 2.22. The molecule has 1 aliphatic rings. The highest BCUT2D eigenvalue weighted by molar-refractivity contribution is 5.77. The van der Waals surface area contributed by atoms with Crippen LogP contribution >= 0.6 is 0 Å². The zero-order chi connectivity index (χ0) is 14.1. The van der Waals surface area contributed by atoms with Gasteiger partial charge in [0.2, 0.25) is 11.8 Å². The predicted octanol–water partition coefficient (Wildman–Crippen LogP) is 1.11. The lowest BCUT2D eigenvalue weighted by atomic mass is 9.97. The molecule has 20 heavy (non-hydrogen) atoms. The van der Waals surface area contributed by atoms with E-state index in [1.54, 1.807) is 12.1 Å². The van der Waals surface area contributed by atoms with Gasteiger partial charge < -0.3 is 15.9 Å². The Kier molecular flexibility index (Phi) is 3.31. The molecule has 2 aromatic rings. The van der Waals surface area contributed by atoms with Crippen molar-refractivity contribution in [1.82, 2.24) is 9.88 Å². The van der Waals surface area contributed by atoms with Crippen LogP contribution in [-0.2, 0) is 11.3 Å². The van der Waals surface area contributed by atoms with Crippen molar-refractivity contribution < 1.29 is 9.21 Å². The number of nitrogens with zero attached hydrogens (tertiary/aromatic N) is 2. The van der Waals surface area contributed by atoms with Crippen LogP contribution in [0.15, 0.2) is 22.6 Å². The van der Waals surface area contributed by atoms with Gasteiger partial charge in [-0.05, 0) is 31.5 Å². The first-order valence-corrected chi connectivity index (χ1v) is 6.78. The fourth-order valence-electron chi connectivity index (χ4n) is 2.68. The summed E-state index contributed by atoms with van der Waals surface area (Å²) >= 11 is 0. The first kappa shape index (κ1) is 12.9. The normalized spacial score (nSPS) is 20.3. The number of benzene rings is 1. The summed E-state index contributed by atoms with van der Waals surface area (Å²) < 4.78 is 5.70. The minimum atomic E-state index is -0.222. The van der Waals surface area contributed by atoms with Crippen molar-refractivity contribution in [2.75, 3.05) is 18.8 Å². The second kappa shape index (κ2) is 5.13. The predicted molar refractivity (Wildman–Crippen MR) is 75.6 cm³/mol. The van der Waals surface area contributed by atoms with Crippen LogP contribution < -0.4 is 11.5 Å². The number of likely N-dealkylation sites (tertiary alicyclic amines) is 1. The molecule has 6 nitrogen and oxygen atoms in total. The molecule has 1 saturated heterocycles. The molecule has 0 bridgehead atoms.